The molecule has 0 aromatic carbocycles. The summed E-state index contributed by atoms with van der Waals surface area (Å²) in [4.78, 5) is 13.2. The molecule has 84 valence electrons. The van der Waals surface area contributed by atoms with Crippen LogP contribution in [0, 0.1) is 4.77 Å². The molecule has 7 heteroatoms. The van der Waals surface area contributed by atoms with Crippen LogP contribution in [-0.4, -0.2) is 28.0 Å². The Morgan fingerprint density at radius 3 is 2.25 bits per heavy atom. The molecular weight excluding hydrogens is 251 g/mol. The van der Waals surface area contributed by atoms with Gasteiger partial charge in [-0.1, -0.05) is 13.8 Å². The number of aromatic nitrogens is 3. The van der Waals surface area contributed by atoms with E-state index in [9.17, 15) is 0 Å². The Labute approximate surface area is 129 Å². The Balaban J connectivity index is 0.00000225. The standard InChI is InChI=1S/C9H16N4S2.Na/c1-3-5-13(6-4-2)7-10-8(14)12-9(15)11-7;/h3-6H2,1-2H3,(H2,10,11,12,14,15);/q;+1/p-1. The van der Waals surface area contributed by atoms with Gasteiger partial charge >= 0.3 is 29.6 Å². The molecule has 0 fully saturated rings. The normalized spacial score (nSPS) is 9.62. The van der Waals surface area contributed by atoms with Gasteiger partial charge < -0.3 is 22.5 Å². The van der Waals surface area contributed by atoms with Gasteiger partial charge in [0, 0.05) is 13.1 Å². The van der Waals surface area contributed by atoms with Gasteiger partial charge in [-0.2, -0.15) is 4.98 Å². The molecule has 0 aliphatic rings. The number of anilines is 1. The van der Waals surface area contributed by atoms with Crippen LogP contribution in [0.25, 0.3) is 0 Å². The molecule has 0 amide bonds. The number of nitrogens with zero attached hydrogens (tertiary/aromatic N) is 3. The zero-order valence-corrected chi connectivity index (χ0v) is 13.6. The molecule has 1 N–H and O–H groups in total. The van der Waals surface area contributed by atoms with E-state index in [1.54, 1.807) is 0 Å². The van der Waals surface area contributed by atoms with E-state index in [0.29, 0.717) is 9.93 Å². The van der Waals surface area contributed by atoms with Crippen molar-refractivity contribution in [3.63, 3.8) is 0 Å². The van der Waals surface area contributed by atoms with Crippen molar-refractivity contribution in [2.45, 2.75) is 31.8 Å². The molecule has 0 radical (unpaired) electrons. The third-order valence-corrected chi connectivity index (χ3v) is 2.28. The van der Waals surface area contributed by atoms with E-state index in [0.717, 1.165) is 31.9 Å². The molecule has 1 aromatic rings. The van der Waals surface area contributed by atoms with Gasteiger partial charge in [-0.15, -0.1) is 0 Å². The topological polar surface area (TPSA) is 44.8 Å². The molecule has 1 rings (SSSR count). The molecule has 0 bridgehead atoms. The second kappa shape index (κ2) is 8.36. The van der Waals surface area contributed by atoms with Crippen molar-refractivity contribution < 1.29 is 29.6 Å². The summed E-state index contributed by atoms with van der Waals surface area (Å²) < 4.78 is 0.311. The molecule has 0 aliphatic heterocycles. The second-order valence-electron chi connectivity index (χ2n) is 3.25. The van der Waals surface area contributed by atoms with Crippen molar-refractivity contribution in [1.82, 2.24) is 15.0 Å². The second-order valence-corrected chi connectivity index (χ2v) is 4.00. The average molecular weight is 266 g/mol. The summed E-state index contributed by atoms with van der Waals surface area (Å²) in [6.45, 7) is 6.16. The van der Waals surface area contributed by atoms with E-state index in [1.807, 2.05) is 0 Å². The third kappa shape index (κ3) is 5.05. The molecule has 0 saturated heterocycles. The van der Waals surface area contributed by atoms with Crippen LogP contribution in [0.2, 0.25) is 0 Å². The zero-order chi connectivity index (χ0) is 11.3. The van der Waals surface area contributed by atoms with Gasteiger partial charge in [-0.05, 0) is 30.2 Å². The quantitative estimate of drug-likeness (QED) is 0.424. The number of H-pyrrole nitrogens is 1. The maximum atomic E-state index is 4.97. The summed E-state index contributed by atoms with van der Waals surface area (Å²) in [7, 11) is 0. The largest absolute Gasteiger partial charge is 1.00 e. The molecule has 0 aliphatic carbocycles. The van der Waals surface area contributed by atoms with Gasteiger partial charge in [-0.3, -0.25) is 0 Å². The van der Waals surface area contributed by atoms with E-state index in [-0.39, 0.29) is 29.6 Å². The van der Waals surface area contributed by atoms with Crippen LogP contribution in [0.15, 0.2) is 5.16 Å². The molecule has 0 unspecified atom stereocenters. The predicted octanol–water partition coefficient (Wildman–Crippen LogP) is -0.930. The third-order valence-electron chi connectivity index (χ3n) is 1.90. The van der Waals surface area contributed by atoms with Gasteiger partial charge in [-0.25, -0.2) is 4.98 Å². The first kappa shape index (κ1) is 16.2. The summed E-state index contributed by atoms with van der Waals surface area (Å²) in [5, 5.41) is 0.405. The van der Waals surface area contributed by atoms with Crippen molar-refractivity contribution in [3.05, 3.63) is 4.77 Å². The van der Waals surface area contributed by atoms with E-state index < -0.39 is 0 Å². The maximum Gasteiger partial charge on any atom is 1.00 e. The first-order valence-corrected chi connectivity index (χ1v) is 5.89. The van der Waals surface area contributed by atoms with Crippen molar-refractivity contribution in [2.75, 3.05) is 18.0 Å². The molecule has 0 spiro atoms. The summed E-state index contributed by atoms with van der Waals surface area (Å²) in [6, 6.07) is 0. The Hall–Kier alpha value is 0.250. The van der Waals surface area contributed by atoms with Crippen molar-refractivity contribution in [1.29, 1.82) is 0 Å². The van der Waals surface area contributed by atoms with Gasteiger partial charge in [0.15, 0.2) is 0 Å². The van der Waals surface area contributed by atoms with E-state index in [2.05, 4.69) is 33.7 Å². The van der Waals surface area contributed by atoms with Crippen LogP contribution >= 0.6 is 12.2 Å². The van der Waals surface area contributed by atoms with Gasteiger partial charge in [0.1, 0.15) is 0 Å². The van der Waals surface area contributed by atoms with Crippen LogP contribution in [0.5, 0.6) is 0 Å². The zero-order valence-electron chi connectivity index (χ0n) is 9.99. The monoisotopic (exact) mass is 266 g/mol. The number of aromatic amines is 1. The maximum absolute atomic E-state index is 4.97. The molecule has 0 saturated carbocycles. The molecule has 0 atom stereocenters. The van der Waals surface area contributed by atoms with E-state index in [1.165, 1.54) is 0 Å². The summed E-state index contributed by atoms with van der Waals surface area (Å²) in [5.41, 5.74) is 0. The van der Waals surface area contributed by atoms with Crippen LogP contribution in [0.4, 0.5) is 5.95 Å². The fourth-order valence-electron chi connectivity index (χ4n) is 1.37. The van der Waals surface area contributed by atoms with Crippen molar-refractivity contribution in [3.8, 4) is 0 Å². The Kier molecular flexibility index (Phi) is 8.49. The van der Waals surface area contributed by atoms with Gasteiger partial charge in [0.05, 0.1) is 0 Å². The molecule has 1 aromatic heterocycles. The fourth-order valence-corrected chi connectivity index (χ4v) is 1.78. The van der Waals surface area contributed by atoms with E-state index in [4.69, 9.17) is 24.8 Å². The number of hydrogen-bond acceptors (Lipinski definition) is 5. The van der Waals surface area contributed by atoms with Gasteiger partial charge in [0.2, 0.25) is 10.7 Å². The Bertz CT molecular complexity index is 363. The molecular formula is C9H15N4NaS2. The minimum absolute atomic E-state index is 0. The van der Waals surface area contributed by atoms with Crippen LogP contribution in [-0.2, 0) is 12.6 Å². The first-order chi connectivity index (χ1) is 7.17. The van der Waals surface area contributed by atoms with Crippen LogP contribution in [0.3, 0.4) is 0 Å². The number of nitrogens with one attached hydrogen (secondary N) is 1. The fraction of sp³-hybridized carbons (Fsp3) is 0.667. The molecule has 1 heterocycles. The number of hydrogen-bond donors (Lipinski definition) is 1. The minimum Gasteiger partial charge on any atom is -0.742 e. The summed E-state index contributed by atoms with van der Waals surface area (Å²) in [6.07, 6.45) is 2.13. The Morgan fingerprint density at radius 2 is 1.81 bits per heavy atom. The molecule has 16 heavy (non-hydrogen) atoms. The average Bonchev–Trinajstić information content (AvgIpc) is 2.16. The first-order valence-electron chi connectivity index (χ1n) is 5.07. The van der Waals surface area contributed by atoms with Crippen LogP contribution in [0.1, 0.15) is 26.7 Å². The van der Waals surface area contributed by atoms with Crippen LogP contribution < -0.4 is 34.5 Å². The summed E-state index contributed by atoms with van der Waals surface area (Å²) in [5.74, 6) is 0.740. The Morgan fingerprint density at radius 1 is 1.25 bits per heavy atom. The smallest absolute Gasteiger partial charge is 0.742 e. The number of rotatable bonds is 5. The molecule has 4 nitrogen and oxygen atoms in total. The SMILES string of the molecule is CCCN(CCC)c1nc(=S)nc([S-])[nH]1.[Na+]. The summed E-state index contributed by atoms with van der Waals surface area (Å²) >= 11 is 9.91. The van der Waals surface area contributed by atoms with Gasteiger partial charge in [0.25, 0.3) is 0 Å². The predicted molar refractivity (Wildman–Crippen MR) is 65.6 cm³/mol. The minimum atomic E-state index is 0. The van der Waals surface area contributed by atoms with E-state index >= 15 is 0 Å². The van der Waals surface area contributed by atoms with Crippen molar-refractivity contribution in [2.24, 2.45) is 0 Å². The van der Waals surface area contributed by atoms with Crippen molar-refractivity contribution >= 4 is 30.8 Å².